The van der Waals surface area contributed by atoms with Crippen LogP contribution in [-0.2, 0) is 16.6 Å². The zero-order valence-corrected chi connectivity index (χ0v) is 15.8. The van der Waals surface area contributed by atoms with E-state index in [0.29, 0.717) is 21.8 Å². The van der Waals surface area contributed by atoms with Gasteiger partial charge in [-0.3, -0.25) is 9.10 Å². The lowest BCUT2D eigenvalue weighted by Crippen LogP contribution is -2.42. The number of benzene rings is 3. The number of carbonyl (C=O) groups is 1. The molecule has 4 rings (SSSR count). The molecule has 0 bridgehead atoms. The van der Waals surface area contributed by atoms with E-state index in [9.17, 15) is 13.2 Å². The molecule has 0 aromatic heterocycles. The highest BCUT2D eigenvalue weighted by Gasteiger charge is 2.45. The van der Waals surface area contributed by atoms with Crippen LogP contribution in [0.15, 0.2) is 78.9 Å². The van der Waals surface area contributed by atoms with Gasteiger partial charge in [-0.15, -0.1) is 0 Å². The first kappa shape index (κ1) is 17.8. The number of hydrogen-bond donors (Lipinski definition) is 0. The Balaban J connectivity index is 1.91. The first-order valence-corrected chi connectivity index (χ1v) is 10.3. The van der Waals surface area contributed by atoms with Gasteiger partial charge in [-0.2, -0.15) is 0 Å². The average molecular weight is 398 g/mol. The van der Waals surface area contributed by atoms with Gasteiger partial charge in [-0.05, 0) is 29.3 Å². The van der Waals surface area contributed by atoms with Crippen LogP contribution in [0.5, 0.6) is 0 Å². The monoisotopic (exact) mass is 397 g/mol. The van der Waals surface area contributed by atoms with Gasteiger partial charge in [0.25, 0.3) is 0 Å². The summed E-state index contributed by atoms with van der Waals surface area (Å²) >= 11 is 6.09. The van der Waals surface area contributed by atoms with E-state index >= 15 is 0 Å². The van der Waals surface area contributed by atoms with Gasteiger partial charge in [-0.25, -0.2) is 8.42 Å². The van der Waals surface area contributed by atoms with E-state index in [1.807, 2.05) is 30.3 Å². The van der Waals surface area contributed by atoms with Gasteiger partial charge in [0, 0.05) is 10.6 Å². The van der Waals surface area contributed by atoms with Gasteiger partial charge in [0.15, 0.2) is 11.0 Å². The summed E-state index contributed by atoms with van der Waals surface area (Å²) in [6.45, 7) is 0.147. The summed E-state index contributed by atoms with van der Waals surface area (Å²) < 4.78 is 28.2. The van der Waals surface area contributed by atoms with Crippen LogP contribution in [-0.4, -0.2) is 14.2 Å². The van der Waals surface area contributed by atoms with Gasteiger partial charge < -0.3 is 0 Å². The van der Waals surface area contributed by atoms with E-state index in [4.69, 9.17) is 11.6 Å². The molecule has 6 heteroatoms. The molecular weight excluding hydrogens is 382 g/mol. The maximum Gasteiger partial charge on any atom is 0.250 e. The largest absolute Gasteiger partial charge is 0.292 e. The van der Waals surface area contributed by atoms with Crippen molar-refractivity contribution in [1.82, 2.24) is 0 Å². The van der Waals surface area contributed by atoms with Gasteiger partial charge in [0.1, 0.15) is 0 Å². The minimum Gasteiger partial charge on any atom is -0.292 e. The fraction of sp³-hybridized carbons (Fsp3) is 0.0952. The Bertz CT molecular complexity index is 1100. The summed E-state index contributed by atoms with van der Waals surface area (Å²) in [5, 5.41) is -0.888. The lowest BCUT2D eigenvalue weighted by Gasteiger charge is -2.35. The quantitative estimate of drug-likeness (QED) is 0.648. The summed E-state index contributed by atoms with van der Waals surface area (Å²) in [5.41, 5.74) is 1.97. The minimum absolute atomic E-state index is 0.147. The van der Waals surface area contributed by atoms with Crippen LogP contribution in [0.2, 0.25) is 5.02 Å². The Morgan fingerprint density at radius 1 is 0.889 bits per heavy atom. The highest BCUT2D eigenvalue weighted by atomic mass is 35.5. The van der Waals surface area contributed by atoms with Crippen LogP contribution in [0.4, 0.5) is 5.69 Å². The van der Waals surface area contributed by atoms with E-state index in [-0.39, 0.29) is 6.54 Å². The number of hydrogen-bond acceptors (Lipinski definition) is 3. The molecule has 3 aromatic rings. The van der Waals surface area contributed by atoms with Crippen LogP contribution in [0, 0.1) is 0 Å². The molecule has 1 aliphatic rings. The van der Waals surface area contributed by atoms with Crippen molar-refractivity contribution in [3.05, 3.63) is 101 Å². The summed E-state index contributed by atoms with van der Waals surface area (Å²) in [5.74, 6) is -0.456. The van der Waals surface area contributed by atoms with Crippen molar-refractivity contribution in [3.63, 3.8) is 0 Å². The standard InChI is InChI=1S/C21H16ClNO3S/c22-17-11-12-19-18(13-17)20(24)21(16-9-5-2-6-10-16)27(25,26)23(19)14-15-7-3-1-4-8-15/h1-13,21H,14H2. The molecular formula is C21H16ClNO3S. The summed E-state index contributed by atoms with van der Waals surface area (Å²) in [4.78, 5) is 13.1. The topological polar surface area (TPSA) is 54.5 Å². The predicted molar refractivity (Wildman–Crippen MR) is 107 cm³/mol. The van der Waals surface area contributed by atoms with Crippen LogP contribution in [0.1, 0.15) is 26.7 Å². The second-order valence-corrected chi connectivity index (χ2v) is 8.73. The molecule has 4 nitrogen and oxygen atoms in total. The lowest BCUT2D eigenvalue weighted by molar-refractivity contribution is 0.0985. The molecule has 3 aromatic carbocycles. The summed E-state index contributed by atoms with van der Waals surface area (Å²) in [6.07, 6.45) is 0. The number of Topliss-reactive ketones (excluding diaryl/α,β-unsaturated/α-hetero) is 1. The van der Waals surface area contributed by atoms with Crippen molar-refractivity contribution in [2.45, 2.75) is 11.8 Å². The van der Waals surface area contributed by atoms with Crippen LogP contribution < -0.4 is 4.31 Å². The SMILES string of the molecule is O=C1c2cc(Cl)ccc2N(Cc2ccccc2)S(=O)(=O)C1c1ccccc1. The van der Waals surface area contributed by atoms with E-state index in [2.05, 4.69) is 0 Å². The van der Waals surface area contributed by atoms with E-state index < -0.39 is 21.1 Å². The molecule has 0 radical (unpaired) electrons. The Morgan fingerprint density at radius 3 is 2.19 bits per heavy atom. The predicted octanol–water partition coefficient (Wildman–Crippen LogP) is 4.61. The number of sulfonamides is 1. The van der Waals surface area contributed by atoms with Gasteiger partial charge >= 0.3 is 0 Å². The van der Waals surface area contributed by atoms with E-state index in [1.54, 1.807) is 48.5 Å². The normalized spacial score (nSPS) is 18.2. The fourth-order valence-corrected chi connectivity index (χ4v) is 5.43. The van der Waals surface area contributed by atoms with Crippen molar-refractivity contribution in [2.75, 3.05) is 4.31 Å². The highest BCUT2D eigenvalue weighted by molar-refractivity contribution is 7.93. The molecule has 0 fully saturated rings. The minimum atomic E-state index is -3.95. The first-order valence-electron chi connectivity index (χ1n) is 8.42. The van der Waals surface area contributed by atoms with Gasteiger partial charge in [-0.1, -0.05) is 72.3 Å². The van der Waals surface area contributed by atoms with Crippen molar-refractivity contribution >= 4 is 33.1 Å². The average Bonchev–Trinajstić information content (AvgIpc) is 2.67. The Labute approximate surface area is 163 Å². The lowest BCUT2D eigenvalue weighted by atomic mass is 10.00. The number of nitrogens with zero attached hydrogens (tertiary/aromatic N) is 1. The van der Waals surface area contributed by atoms with E-state index in [0.717, 1.165) is 5.56 Å². The molecule has 1 heterocycles. The van der Waals surface area contributed by atoms with Crippen LogP contribution >= 0.6 is 11.6 Å². The fourth-order valence-electron chi connectivity index (χ4n) is 3.34. The molecule has 0 N–H and O–H groups in total. The summed E-state index contributed by atoms with van der Waals surface area (Å²) in [6, 6.07) is 22.6. The molecule has 0 amide bonds. The number of ketones is 1. The second kappa shape index (κ2) is 6.83. The van der Waals surface area contributed by atoms with Crippen LogP contribution in [0.25, 0.3) is 0 Å². The number of rotatable bonds is 3. The molecule has 0 aliphatic carbocycles. The molecule has 1 atom stereocenters. The maximum atomic E-state index is 13.4. The molecule has 1 unspecified atom stereocenters. The number of fused-ring (bicyclic) bond motifs is 1. The molecule has 1 aliphatic heterocycles. The van der Waals surface area contributed by atoms with Crippen molar-refractivity contribution < 1.29 is 13.2 Å². The third-order valence-corrected chi connectivity index (χ3v) is 6.86. The molecule has 0 spiro atoms. The third kappa shape index (κ3) is 3.13. The summed E-state index contributed by atoms with van der Waals surface area (Å²) in [7, 11) is -3.95. The number of halogens is 1. The Morgan fingerprint density at radius 2 is 1.52 bits per heavy atom. The van der Waals surface area contributed by atoms with Crippen molar-refractivity contribution in [1.29, 1.82) is 0 Å². The van der Waals surface area contributed by atoms with Crippen molar-refractivity contribution in [3.8, 4) is 0 Å². The molecule has 0 saturated heterocycles. The Hall–Kier alpha value is -2.63. The molecule has 0 saturated carbocycles. The molecule has 136 valence electrons. The van der Waals surface area contributed by atoms with Gasteiger partial charge in [0.05, 0.1) is 12.2 Å². The second-order valence-electron chi connectivity index (χ2n) is 6.35. The number of carbonyl (C=O) groups excluding carboxylic acids is 1. The third-order valence-electron chi connectivity index (χ3n) is 4.61. The molecule has 27 heavy (non-hydrogen) atoms. The number of anilines is 1. The van der Waals surface area contributed by atoms with Crippen LogP contribution in [0.3, 0.4) is 0 Å². The van der Waals surface area contributed by atoms with Crippen molar-refractivity contribution in [2.24, 2.45) is 0 Å². The highest BCUT2D eigenvalue weighted by Crippen LogP contribution is 2.42. The first-order chi connectivity index (χ1) is 13.0. The zero-order chi connectivity index (χ0) is 19.0. The van der Waals surface area contributed by atoms with Gasteiger partial charge in [0.2, 0.25) is 10.0 Å². The van der Waals surface area contributed by atoms with E-state index in [1.165, 1.54) is 4.31 Å². The zero-order valence-electron chi connectivity index (χ0n) is 14.2. The smallest absolute Gasteiger partial charge is 0.250 e. The maximum absolute atomic E-state index is 13.4. The Kier molecular flexibility index (Phi) is 4.50.